The number of allylic oxidation sites excluding steroid dienone is 1. The molecule has 1 aromatic carbocycles. The molecule has 1 rings (SSSR count). The van der Waals surface area contributed by atoms with E-state index < -0.39 is 10.0 Å². The molecule has 0 aliphatic rings. The van der Waals surface area contributed by atoms with Crippen molar-refractivity contribution in [1.82, 2.24) is 3.82 Å². The fourth-order valence-corrected chi connectivity index (χ4v) is 2.48. The molecular weight excluding hydrogens is 269 g/mol. The molecule has 6 heteroatoms. The first kappa shape index (κ1) is 13.5. The Balaban J connectivity index is 2.82. The summed E-state index contributed by atoms with van der Waals surface area (Å²) in [6.45, 7) is 0.0888. The number of halogens is 2. The topological polar surface area (TPSA) is 37.4 Å². The molecule has 0 N–H and O–H groups in total. The van der Waals surface area contributed by atoms with Crippen LogP contribution >= 0.6 is 23.4 Å². The van der Waals surface area contributed by atoms with Gasteiger partial charge in [-0.3, -0.25) is 0 Å². The van der Waals surface area contributed by atoms with Crippen LogP contribution in [0.2, 0.25) is 0 Å². The standard InChI is InChI=1S/C10H11Cl2NO2S/c11-8-4-5-9-13(12)16(14,15)10-6-2-1-3-7-10/h1-7H,8-9H2/b5-4+. The van der Waals surface area contributed by atoms with E-state index in [1.807, 2.05) is 0 Å². The lowest BCUT2D eigenvalue weighted by molar-refractivity contribution is 0.551. The molecule has 0 fully saturated rings. The SMILES string of the molecule is O=S(=O)(c1ccccc1)N(Cl)C/C=C/CCl. The van der Waals surface area contributed by atoms with E-state index in [0.717, 1.165) is 3.82 Å². The average molecular weight is 280 g/mol. The Morgan fingerprint density at radius 3 is 2.38 bits per heavy atom. The Hall–Kier alpha value is -0.550. The number of benzene rings is 1. The number of sulfonamides is 1. The van der Waals surface area contributed by atoms with Crippen molar-refractivity contribution in [2.75, 3.05) is 12.4 Å². The zero-order valence-electron chi connectivity index (χ0n) is 8.38. The highest BCUT2D eigenvalue weighted by Gasteiger charge is 2.20. The highest BCUT2D eigenvalue weighted by Crippen LogP contribution is 2.16. The second kappa shape index (κ2) is 6.25. The maximum atomic E-state index is 11.9. The fraction of sp³-hybridized carbons (Fsp3) is 0.200. The van der Waals surface area contributed by atoms with E-state index in [9.17, 15) is 8.42 Å². The van der Waals surface area contributed by atoms with Crippen molar-refractivity contribution in [1.29, 1.82) is 0 Å². The summed E-state index contributed by atoms with van der Waals surface area (Å²) in [4.78, 5) is 0.171. The summed E-state index contributed by atoms with van der Waals surface area (Å²) in [5.74, 6) is 0.329. The molecule has 0 spiro atoms. The Bertz CT molecular complexity index is 445. The smallest absolute Gasteiger partial charge is 0.206 e. The van der Waals surface area contributed by atoms with E-state index >= 15 is 0 Å². The highest BCUT2D eigenvalue weighted by molar-refractivity contribution is 7.90. The van der Waals surface area contributed by atoms with Gasteiger partial charge in [-0.2, -0.15) is 0 Å². The number of hydrogen-bond donors (Lipinski definition) is 0. The molecule has 16 heavy (non-hydrogen) atoms. The van der Waals surface area contributed by atoms with Gasteiger partial charge in [0.2, 0.25) is 0 Å². The minimum atomic E-state index is -3.62. The molecule has 0 unspecified atom stereocenters. The summed E-state index contributed by atoms with van der Waals surface area (Å²) in [5.41, 5.74) is 0. The number of rotatable bonds is 5. The van der Waals surface area contributed by atoms with Crippen molar-refractivity contribution in [2.45, 2.75) is 4.90 Å². The van der Waals surface area contributed by atoms with Crippen LogP contribution in [0.25, 0.3) is 0 Å². The van der Waals surface area contributed by atoms with Crippen LogP contribution in [-0.2, 0) is 10.0 Å². The lowest BCUT2D eigenvalue weighted by Crippen LogP contribution is -2.22. The van der Waals surface area contributed by atoms with E-state index in [0.29, 0.717) is 5.88 Å². The van der Waals surface area contributed by atoms with Crippen LogP contribution in [0, 0.1) is 0 Å². The Morgan fingerprint density at radius 2 is 1.81 bits per heavy atom. The van der Waals surface area contributed by atoms with Gasteiger partial charge < -0.3 is 0 Å². The predicted octanol–water partition coefficient (Wildman–Crippen LogP) is 2.63. The minimum absolute atomic E-state index is 0.0888. The van der Waals surface area contributed by atoms with Crippen LogP contribution in [0.15, 0.2) is 47.4 Å². The molecule has 0 atom stereocenters. The Morgan fingerprint density at radius 1 is 1.19 bits per heavy atom. The summed E-state index contributed by atoms with van der Waals surface area (Å²) in [6.07, 6.45) is 3.23. The molecule has 0 saturated heterocycles. The average Bonchev–Trinajstić information content (AvgIpc) is 2.30. The van der Waals surface area contributed by atoms with Crippen molar-refractivity contribution in [3.8, 4) is 0 Å². The Kier molecular flexibility index (Phi) is 5.28. The first-order valence-corrected chi connectivity index (χ1v) is 6.85. The van der Waals surface area contributed by atoms with Crippen LogP contribution in [0.5, 0.6) is 0 Å². The summed E-state index contributed by atoms with van der Waals surface area (Å²) >= 11 is 11.1. The number of hydrogen-bond acceptors (Lipinski definition) is 2. The van der Waals surface area contributed by atoms with Gasteiger partial charge in [0.25, 0.3) is 10.0 Å². The molecule has 88 valence electrons. The third-order valence-electron chi connectivity index (χ3n) is 1.81. The van der Waals surface area contributed by atoms with Crippen molar-refractivity contribution < 1.29 is 8.42 Å². The number of alkyl halides is 1. The van der Waals surface area contributed by atoms with Gasteiger partial charge >= 0.3 is 0 Å². The summed E-state index contributed by atoms with van der Waals surface area (Å²) < 4.78 is 24.5. The maximum absolute atomic E-state index is 11.9. The lowest BCUT2D eigenvalue weighted by Gasteiger charge is -2.11. The van der Waals surface area contributed by atoms with Crippen molar-refractivity contribution in [2.24, 2.45) is 0 Å². The zero-order chi connectivity index (χ0) is 12.0. The normalized spacial score (nSPS) is 12.4. The monoisotopic (exact) mass is 279 g/mol. The molecule has 3 nitrogen and oxygen atoms in total. The molecule has 0 aliphatic carbocycles. The first-order chi connectivity index (χ1) is 7.59. The first-order valence-electron chi connectivity index (χ1n) is 4.53. The van der Waals surface area contributed by atoms with Gasteiger partial charge in [0.1, 0.15) is 0 Å². The zero-order valence-corrected chi connectivity index (χ0v) is 10.7. The van der Waals surface area contributed by atoms with Crippen LogP contribution in [-0.4, -0.2) is 24.7 Å². The van der Waals surface area contributed by atoms with Crippen LogP contribution in [0.4, 0.5) is 0 Å². The third kappa shape index (κ3) is 3.49. The lowest BCUT2D eigenvalue weighted by atomic mass is 10.4. The quantitative estimate of drug-likeness (QED) is 0.472. The summed E-state index contributed by atoms with van der Waals surface area (Å²) in [7, 11) is -3.62. The molecule has 0 amide bonds. The third-order valence-corrected chi connectivity index (χ3v) is 4.21. The molecule has 1 aromatic rings. The van der Waals surface area contributed by atoms with E-state index in [4.69, 9.17) is 23.4 Å². The fourth-order valence-electron chi connectivity index (χ4n) is 1.03. The van der Waals surface area contributed by atoms with Gasteiger partial charge in [0, 0.05) is 12.4 Å². The van der Waals surface area contributed by atoms with E-state index in [2.05, 4.69) is 0 Å². The van der Waals surface area contributed by atoms with Crippen LogP contribution in [0.1, 0.15) is 0 Å². The molecule has 0 aromatic heterocycles. The Labute approximate surface area is 105 Å². The van der Waals surface area contributed by atoms with Crippen LogP contribution < -0.4 is 0 Å². The molecule has 0 bridgehead atoms. The maximum Gasteiger partial charge on any atom is 0.256 e. The van der Waals surface area contributed by atoms with Crippen LogP contribution in [0.3, 0.4) is 0 Å². The van der Waals surface area contributed by atoms with Crippen molar-refractivity contribution in [3.05, 3.63) is 42.5 Å². The van der Waals surface area contributed by atoms with Gasteiger partial charge in [0.15, 0.2) is 0 Å². The molecule has 0 aliphatic heterocycles. The van der Waals surface area contributed by atoms with Gasteiger partial charge in [-0.05, 0) is 23.9 Å². The van der Waals surface area contributed by atoms with Gasteiger partial charge in [-0.25, -0.2) is 8.42 Å². The molecule has 0 heterocycles. The highest BCUT2D eigenvalue weighted by atomic mass is 35.5. The minimum Gasteiger partial charge on any atom is -0.206 e. The van der Waals surface area contributed by atoms with E-state index in [1.54, 1.807) is 30.4 Å². The van der Waals surface area contributed by atoms with Gasteiger partial charge in [-0.1, -0.05) is 30.4 Å². The van der Waals surface area contributed by atoms with E-state index in [-0.39, 0.29) is 11.4 Å². The predicted molar refractivity (Wildman–Crippen MR) is 66.0 cm³/mol. The molecular formula is C10H11Cl2NO2S. The van der Waals surface area contributed by atoms with Gasteiger partial charge in [-0.15, -0.1) is 15.4 Å². The largest absolute Gasteiger partial charge is 0.256 e. The molecule has 0 radical (unpaired) electrons. The van der Waals surface area contributed by atoms with Crippen molar-refractivity contribution in [3.63, 3.8) is 0 Å². The van der Waals surface area contributed by atoms with Crippen molar-refractivity contribution >= 4 is 33.4 Å². The molecule has 0 saturated carbocycles. The second-order valence-electron chi connectivity index (χ2n) is 2.91. The van der Waals surface area contributed by atoms with E-state index in [1.165, 1.54) is 12.1 Å². The summed E-state index contributed by atoms with van der Waals surface area (Å²) in [5, 5.41) is 0. The summed E-state index contributed by atoms with van der Waals surface area (Å²) in [6, 6.07) is 8.02. The second-order valence-corrected chi connectivity index (χ2v) is 5.69. The number of nitrogens with zero attached hydrogens (tertiary/aromatic N) is 1. The van der Waals surface area contributed by atoms with Gasteiger partial charge in [0.05, 0.1) is 4.90 Å².